The topological polar surface area (TPSA) is 60.8 Å². The lowest BCUT2D eigenvalue weighted by molar-refractivity contribution is 0.146. The minimum absolute atomic E-state index is 0.0148. The van der Waals surface area contributed by atoms with E-state index in [-0.39, 0.29) is 6.61 Å². The van der Waals surface area contributed by atoms with Gasteiger partial charge in [0.15, 0.2) is 0 Å². The van der Waals surface area contributed by atoms with Gasteiger partial charge in [-0.15, -0.1) is 6.58 Å². The van der Waals surface area contributed by atoms with Crippen LogP contribution < -0.4 is 0 Å². The van der Waals surface area contributed by atoms with Gasteiger partial charge in [0.25, 0.3) is 0 Å². The van der Waals surface area contributed by atoms with Crippen LogP contribution in [0.5, 0.6) is 0 Å². The van der Waals surface area contributed by atoms with E-state index in [0.29, 0.717) is 19.5 Å². The van der Waals surface area contributed by atoms with E-state index in [2.05, 4.69) is 6.58 Å². The summed E-state index contributed by atoms with van der Waals surface area (Å²) in [5, 5.41) is 16.9. The molecule has 0 spiro atoms. The summed E-state index contributed by atoms with van der Waals surface area (Å²) in [6, 6.07) is 0. The highest BCUT2D eigenvalue weighted by Crippen LogP contribution is 1.91. The van der Waals surface area contributed by atoms with Crippen molar-refractivity contribution >= 4 is 6.09 Å². The largest absolute Gasteiger partial charge is 0.465 e. The molecule has 11 heavy (non-hydrogen) atoms. The lowest BCUT2D eigenvalue weighted by Crippen LogP contribution is -2.30. The van der Waals surface area contributed by atoms with Gasteiger partial charge >= 0.3 is 6.09 Å². The smallest absolute Gasteiger partial charge is 0.407 e. The van der Waals surface area contributed by atoms with Crippen LogP contribution in [0.4, 0.5) is 4.79 Å². The Morgan fingerprint density at radius 3 is 2.64 bits per heavy atom. The Morgan fingerprint density at radius 1 is 1.64 bits per heavy atom. The van der Waals surface area contributed by atoms with Crippen LogP contribution in [0, 0.1) is 0 Å². The first-order valence-electron chi connectivity index (χ1n) is 3.42. The van der Waals surface area contributed by atoms with E-state index in [1.807, 2.05) is 0 Å². The normalized spacial score (nSPS) is 9.18. The maximum atomic E-state index is 10.4. The van der Waals surface area contributed by atoms with Crippen molar-refractivity contribution in [3.05, 3.63) is 12.7 Å². The van der Waals surface area contributed by atoms with Gasteiger partial charge < -0.3 is 15.1 Å². The van der Waals surface area contributed by atoms with Gasteiger partial charge in [0.1, 0.15) is 0 Å². The number of hydrogen-bond donors (Lipinski definition) is 2. The van der Waals surface area contributed by atoms with Gasteiger partial charge in [-0.2, -0.15) is 0 Å². The third-order valence-electron chi connectivity index (χ3n) is 1.21. The quantitative estimate of drug-likeness (QED) is 0.575. The summed E-state index contributed by atoms with van der Waals surface area (Å²) < 4.78 is 0. The van der Waals surface area contributed by atoms with Crippen LogP contribution in [-0.2, 0) is 0 Å². The highest BCUT2D eigenvalue weighted by atomic mass is 16.4. The molecule has 0 aromatic carbocycles. The Morgan fingerprint density at radius 2 is 2.27 bits per heavy atom. The Kier molecular flexibility index (Phi) is 5.20. The van der Waals surface area contributed by atoms with Gasteiger partial charge in [-0.3, -0.25) is 0 Å². The number of aliphatic hydroxyl groups excluding tert-OH is 1. The Hall–Kier alpha value is -1.03. The number of nitrogens with zero attached hydrogens (tertiary/aromatic N) is 1. The molecule has 0 saturated heterocycles. The minimum atomic E-state index is -0.974. The maximum absolute atomic E-state index is 10.4. The average Bonchev–Trinajstić information content (AvgIpc) is 1.97. The van der Waals surface area contributed by atoms with Crippen molar-refractivity contribution in [1.29, 1.82) is 0 Å². The van der Waals surface area contributed by atoms with Gasteiger partial charge in [0.05, 0.1) is 0 Å². The van der Waals surface area contributed by atoms with Crippen molar-refractivity contribution in [2.24, 2.45) is 0 Å². The Bertz CT molecular complexity index is 136. The molecule has 0 heterocycles. The molecule has 4 nitrogen and oxygen atoms in total. The highest BCUT2D eigenvalue weighted by Gasteiger charge is 2.07. The second-order valence-electron chi connectivity index (χ2n) is 2.09. The van der Waals surface area contributed by atoms with Gasteiger partial charge in [-0.05, 0) is 6.42 Å². The monoisotopic (exact) mass is 159 g/mol. The van der Waals surface area contributed by atoms with E-state index >= 15 is 0 Å². The first kappa shape index (κ1) is 9.97. The molecule has 0 bridgehead atoms. The predicted octanol–water partition coefficient (Wildman–Crippen LogP) is 0.535. The van der Waals surface area contributed by atoms with Gasteiger partial charge in [0.2, 0.25) is 0 Å². The second kappa shape index (κ2) is 5.73. The highest BCUT2D eigenvalue weighted by molar-refractivity contribution is 5.65. The van der Waals surface area contributed by atoms with Crippen molar-refractivity contribution in [2.45, 2.75) is 6.42 Å². The van der Waals surface area contributed by atoms with Crippen molar-refractivity contribution in [1.82, 2.24) is 4.90 Å². The minimum Gasteiger partial charge on any atom is -0.465 e. The standard InChI is InChI=1S/C7H13NO3/c1-2-4-8(7(10)11)5-3-6-9/h2,9H,1,3-6H2,(H,10,11). The molecule has 2 N–H and O–H groups in total. The predicted molar refractivity (Wildman–Crippen MR) is 41.5 cm³/mol. The zero-order valence-electron chi connectivity index (χ0n) is 6.36. The van der Waals surface area contributed by atoms with E-state index in [1.165, 1.54) is 11.0 Å². The molecule has 0 radical (unpaired) electrons. The fourth-order valence-electron chi connectivity index (χ4n) is 0.682. The number of rotatable bonds is 5. The second-order valence-corrected chi connectivity index (χ2v) is 2.09. The number of aliphatic hydroxyl groups is 1. The van der Waals surface area contributed by atoms with Crippen LogP contribution >= 0.6 is 0 Å². The van der Waals surface area contributed by atoms with Crippen molar-refractivity contribution in [2.75, 3.05) is 19.7 Å². The Balaban J connectivity index is 3.69. The number of amides is 1. The van der Waals surface area contributed by atoms with Crippen LogP contribution in [0.15, 0.2) is 12.7 Å². The Labute approximate surface area is 65.7 Å². The molecule has 0 aliphatic carbocycles. The zero-order chi connectivity index (χ0) is 8.69. The van der Waals surface area contributed by atoms with Gasteiger partial charge in [-0.1, -0.05) is 6.08 Å². The SMILES string of the molecule is C=CCN(CCCO)C(=O)O. The van der Waals surface area contributed by atoms with Crippen LogP contribution in [0.3, 0.4) is 0 Å². The lowest BCUT2D eigenvalue weighted by Gasteiger charge is -2.15. The summed E-state index contributed by atoms with van der Waals surface area (Å²) in [6.07, 6.45) is 1.02. The maximum Gasteiger partial charge on any atom is 0.407 e. The summed E-state index contributed by atoms with van der Waals surface area (Å²) in [5.74, 6) is 0. The fourth-order valence-corrected chi connectivity index (χ4v) is 0.682. The van der Waals surface area contributed by atoms with Crippen LogP contribution in [0.25, 0.3) is 0 Å². The van der Waals surface area contributed by atoms with Gasteiger partial charge in [0, 0.05) is 19.7 Å². The van der Waals surface area contributed by atoms with Crippen molar-refractivity contribution in [3.8, 4) is 0 Å². The fraction of sp³-hybridized carbons (Fsp3) is 0.571. The summed E-state index contributed by atoms with van der Waals surface area (Å²) in [6.45, 7) is 4.11. The number of carboxylic acid groups (broad SMARTS) is 1. The molecule has 0 aromatic rings. The van der Waals surface area contributed by atoms with Gasteiger partial charge in [-0.25, -0.2) is 4.79 Å². The average molecular weight is 159 g/mol. The van der Waals surface area contributed by atoms with Crippen LogP contribution in [0.2, 0.25) is 0 Å². The van der Waals surface area contributed by atoms with Crippen molar-refractivity contribution in [3.63, 3.8) is 0 Å². The molecule has 64 valence electrons. The molecule has 0 saturated carbocycles. The third-order valence-corrected chi connectivity index (χ3v) is 1.21. The molecular weight excluding hydrogens is 146 g/mol. The van der Waals surface area contributed by atoms with E-state index in [4.69, 9.17) is 10.2 Å². The molecule has 0 atom stereocenters. The molecule has 0 aromatic heterocycles. The number of hydrogen-bond acceptors (Lipinski definition) is 2. The summed E-state index contributed by atoms with van der Waals surface area (Å²) in [5.41, 5.74) is 0. The van der Waals surface area contributed by atoms with Crippen LogP contribution in [-0.4, -0.2) is 40.9 Å². The van der Waals surface area contributed by atoms with E-state index < -0.39 is 6.09 Å². The summed E-state index contributed by atoms with van der Waals surface area (Å²) in [7, 11) is 0. The summed E-state index contributed by atoms with van der Waals surface area (Å²) >= 11 is 0. The van der Waals surface area contributed by atoms with Crippen molar-refractivity contribution < 1.29 is 15.0 Å². The molecule has 0 rings (SSSR count). The van der Waals surface area contributed by atoms with Crippen LogP contribution in [0.1, 0.15) is 6.42 Å². The molecule has 0 aliphatic heterocycles. The van der Waals surface area contributed by atoms with E-state index in [9.17, 15) is 4.79 Å². The molecule has 0 fully saturated rings. The lowest BCUT2D eigenvalue weighted by atomic mass is 10.4. The molecule has 0 aliphatic rings. The number of carbonyl (C=O) groups is 1. The molecule has 1 amide bonds. The zero-order valence-corrected chi connectivity index (χ0v) is 6.36. The third kappa shape index (κ3) is 4.38. The van der Waals surface area contributed by atoms with E-state index in [0.717, 1.165) is 0 Å². The van der Waals surface area contributed by atoms with E-state index in [1.54, 1.807) is 0 Å². The first-order chi connectivity index (χ1) is 5.22. The molecule has 0 unspecified atom stereocenters. The molecule has 4 heteroatoms. The summed E-state index contributed by atoms with van der Waals surface area (Å²) in [4.78, 5) is 11.6. The molecular formula is C7H13NO3. The first-order valence-corrected chi connectivity index (χ1v) is 3.42.